The molecule has 2 rings (SSSR count). The van der Waals surface area contributed by atoms with E-state index in [-0.39, 0.29) is 42.4 Å². The number of halogens is 1. The van der Waals surface area contributed by atoms with E-state index in [2.05, 4.69) is 10.6 Å². The molecule has 0 radical (unpaired) electrons. The van der Waals surface area contributed by atoms with E-state index >= 15 is 0 Å². The third-order valence-electron chi connectivity index (χ3n) is 4.59. The molecule has 6 nitrogen and oxygen atoms in total. The monoisotopic (exact) mass is 434 g/mol. The number of rotatable bonds is 9. The summed E-state index contributed by atoms with van der Waals surface area (Å²) in [6, 6.07) is 9.61. The van der Waals surface area contributed by atoms with Gasteiger partial charge in [0.25, 0.3) is 0 Å². The Labute approximate surface area is 176 Å². The van der Waals surface area contributed by atoms with Crippen molar-refractivity contribution >= 4 is 33.0 Å². The van der Waals surface area contributed by atoms with Gasteiger partial charge < -0.3 is 10.6 Å². The molecule has 0 bridgehead atoms. The maximum Gasteiger partial charge on any atom is 0.225 e. The molecule has 0 aromatic heterocycles. The first kappa shape index (κ1) is 23.5. The minimum atomic E-state index is -3.50. The number of hydrogen-bond acceptors (Lipinski definition) is 4. The second-order valence-electron chi connectivity index (χ2n) is 7.36. The first-order chi connectivity index (χ1) is 14.1. The van der Waals surface area contributed by atoms with Crippen molar-refractivity contribution in [1.82, 2.24) is 0 Å². The normalized spacial score (nSPS) is 11.2. The van der Waals surface area contributed by atoms with Gasteiger partial charge >= 0.3 is 0 Å². The number of amides is 2. The fourth-order valence-corrected chi connectivity index (χ4v) is 4.44. The predicted molar refractivity (Wildman–Crippen MR) is 117 cm³/mol. The lowest BCUT2D eigenvalue weighted by Crippen LogP contribution is -2.20. The highest BCUT2D eigenvalue weighted by Gasteiger charge is 2.16. The second-order valence-corrected chi connectivity index (χ2v) is 9.66. The molecule has 0 atom stereocenters. The van der Waals surface area contributed by atoms with E-state index in [0.717, 1.165) is 22.4 Å². The summed E-state index contributed by atoms with van der Waals surface area (Å²) in [6.45, 7) is 5.80. The third kappa shape index (κ3) is 7.26. The first-order valence-corrected chi connectivity index (χ1v) is 11.5. The number of para-hydroxylation sites is 1. The molecule has 0 unspecified atom stereocenters. The molecule has 2 aromatic carbocycles. The van der Waals surface area contributed by atoms with Gasteiger partial charge in [-0.3, -0.25) is 9.59 Å². The van der Waals surface area contributed by atoms with Crippen LogP contribution in [-0.2, 0) is 19.4 Å². The average molecular weight is 435 g/mol. The number of carbonyl (C=O) groups excluding carboxylic acids is 2. The summed E-state index contributed by atoms with van der Waals surface area (Å²) < 4.78 is 37.8. The van der Waals surface area contributed by atoms with Gasteiger partial charge in [-0.05, 0) is 50.5 Å². The van der Waals surface area contributed by atoms with E-state index in [1.54, 1.807) is 6.07 Å². The number of sulfone groups is 1. The highest BCUT2D eigenvalue weighted by atomic mass is 32.2. The molecule has 0 spiro atoms. The minimum Gasteiger partial charge on any atom is -0.326 e. The number of anilines is 2. The molecular weight excluding hydrogens is 407 g/mol. The molecule has 0 fully saturated rings. The van der Waals surface area contributed by atoms with Crippen LogP contribution in [0.3, 0.4) is 0 Å². The van der Waals surface area contributed by atoms with Gasteiger partial charge in [0.1, 0.15) is 5.82 Å². The summed E-state index contributed by atoms with van der Waals surface area (Å²) in [6.07, 6.45) is -0.0505. The predicted octanol–water partition coefficient (Wildman–Crippen LogP) is 3.91. The van der Waals surface area contributed by atoms with Crippen LogP contribution in [0.5, 0.6) is 0 Å². The highest BCUT2D eigenvalue weighted by Crippen LogP contribution is 2.22. The second kappa shape index (κ2) is 10.3. The van der Waals surface area contributed by atoms with Gasteiger partial charge in [0.05, 0.1) is 17.2 Å². The van der Waals surface area contributed by atoms with E-state index in [9.17, 15) is 22.4 Å². The Morgan fingerprint density at radius 1 is 0.900 bits per heavy atom. The van der Waals surface area contributed by atoms with Gasteiger partial charge in [-0.1, -0.05) is 29.8 Å². The van der Waals surface area contributed by atoms with E-state index in [1.807, 2.05) is 32.9 Å². The van der Waals surface area contributed by atoms with Crippen molar-refractivity contribution in [2.45, 2.75) is 40.0 Å². The lowest BCUT2D eigenvalue weighted by Gasteiger charge is -2.13. The fourth-order valence-electron chi connectivity index (χ4n) is 3.16. The standard InChI is InChI=1S/C22H27FN2O4S/c1-15-13-16(2)22(17(3)14-15)25-20(26)9-6-11-30(28,29)12-10-21(27)24-19-8-5-4-7-18(19)23/h4-5,7-8,13-14H,6,9-12H2,1-3H3,(H,24,27)(H,25,26). The van der Waals surface area contributed by atoms with E-state index in [4.69, 9.17) is 0 Å². The van der Waals surface area contributed by atoms with Crippen LogP contribution in [-0.4, -0.2) is 31.7 Å². The zero-order valence-electron chi connectivity index (χ0n) is 17.4. The zero-order chi connectivity index (χ0) is 22.3. The van der Waals surface area contributed by atoms with Crippen molar-refractivity contribution in [2.75, 3.05) is 22.1 Å². The Balaban J connectivity index is 1.77. The topological polar surface area (TPSA) is 92.3 Å². The summed E-state index contributed by atoms with van der Waals surface area (Å²) in [7, 11) is -3.50. The summed E-state index contributed by atoms with van der Waals surface area (Å²) in [5, 5.41) is 5.20. The molecule has 0 aliphatic carbocycles. The van der Waals surface area contributed by atoms with Crippen molar-refractivity contribution in [1.29, 1.82) is 0 Å². The fraction of sp³-hybridized carbons (Fsp3) is 0.364. The molecule has 0 saturated carbocycles. The van der Waals surface area contributed by atoms with Crippen LogP contribution in [0.1, 0.15) is 36.0 Å². The Morgan fingerprint density at radius 3 is 2.13 bits per heavy atom. The van der Waals surface area contributed by atoms with Crippen LogP contribution >= 0.6 is 0 Å². The van der Waals surface area contributed by atoms with E-state index < -0.39 is 21.6 Å². The first-order valence-electron chi connectivity index (χ1n) is 9.70. The molecule has 0 heterocycles. The molecule has 2 aromatic rings. The summed E-state index contributed by atoms with van der Waals surface area (Å²) in [5.74, 6) is -1.97. The average Bonchev–Trinajstić information content (AvgIpc) is 2.65. The number of hydrogen-bond donors (Lipinski definition) is 2. The molecule has 0 aliphatic rings. The van der Waals surface area contributed by atoms with E-state index in [1.165, 1.54) is 18.2 Å². The van der Waals surface area contributed by atoms with Crippen LogP contribution in [0.25, 0.3) is 0 Å². The van der Waals surface area contributed by atoms with Gasteiger partial charge in [-0.15, -0.1) is 0 Å². The van der Waals surface area contributed by atoms with Crippen LogP contribution in [0, 0.1) is 26.6 Å². The van der Waals surface area contributed by atoms with Gasteiger partial charge in [-0.2, -0.15) is 0 Å². The van der Waals surface area contributed by atoms with Gasteiger partial charge in [0.15, 0.2) is 9.84 Å². The van der Waals surface area contributed by atoms with Gasteiger partial charge in [0.2, 0.25) is 11.8 Å². The Hall–Kier alpha value is -2.74. The Kier molecular flexibility index (Phi) is 8.11. The zero-order valence-corrected chi connectivity index (χ0v) is 18.2. The lowest BCUT2D eigenvalue weighted by atomic mass is 10.0. The number of carbonyl (C=O) groups is 2. The van der Waals surface area contributed by atoms with Crippen LogP contribution in [0.4, 0.5) is 15.8 Å². The maximum absolute atomic E-state index is 13.5. The molecule has 8 heteroatoms. The highest BCUT2D eigenvalue weighted by molar-refractivity contribution is 7.91. The van der Waals surface area contributed by atoms with Crippen molar-refractivity contribution in [3.8, 4) is 0 Å². The van der Waals surface area contributed by atoms with E-state index in [0.29, 0.717) is 0 Å². The molecule has 0 saturated heterocycles. The van der Waals surface area contributed by atoms with Gasteiger partial charge in [0, 0.05) is 18.5 Å². The maximum atomic E-state index is 13.5. The minimum absolute atomic E-state index is 0.0123. The molecular formula is C22H27FN2O4S. The summed E-state index contributed by atoms with van der Waals surface area (Å²) in [5.41, 5.74) is 3.77. The molecule has 162 valence electrons. The van der Waals surface area contributed by atoms with Crippen LogP contribution < -0.4 is 10.6 Å². The van der Waals surface area contributed by atoms with Crippen LogP contribution in [0.2, 0.25) is 0 Å². The molecule has 30 heavy (non-hydrogen) atoms. The number of benzene rings is 2. The lowest BCUT2D eigenvalue weighted by molar-refractivity contribution is -0.116. The number of nitrogens with one attached hydrogen (secondary N) is 2. The van der Waals surface area contributed by atoms with Gasteiger partial charge in [-0.25, -0.2) is 12.8 Å². The quantitative estimate of drug-likeness (QED) is 0.626. The SMILES string of the molecule is Cc1cc(C)c(NC(=O)CCCS(=O)(=O)CCC(=O)Nc2ccccc2F)c(C)c1. The summed E-state index contributed by atoms with van der Waals surface area (Å²) >= 11 is 0. The molecule has 2 N–H and O–H groups in total. The Bertz CT molecular complexity index is 1010. The van der Waals surface area contributed by atoms with Crippen molar-refractivity contribution in [3.05, 3.63) is 58.9 Å². The number of aryl methyl sites for hydroxylation is 3. The smallest absolute Gasteiger partial charge is 0.225 e. The molecule has 2 amide bonds. The van der Waals surface area contributed by atoms with Crippen molar-refractivity contribution < 1.29 is 22.4 Å². The summed E-state index contributed by atoms with van der Waals surface area (Å²) in [4.78, 5) is 24.1. The van der Waals surface area contributed by atoms with Crippen LogP contribution in [0.15, 0.2) is 36.4 Å². The third-order valence-corrected chi connectivity index (χ3v) is 6.33. The van der Waals surface area contributed by atoms with Crippen molar-refractivity contribution in [3.63, 3.8) is 0 Å². The largest absolute Gasteiger partial charge is 0.326 e. The van der Waals surface area contributed by atoms with Crippen molar-refractivity contribution in [2.24, 2.45) is 0 Å². The Morgan fingerprint density at radius 2 is 1.50 bits per heavy atom. The molecule has 0 aliphatic heterocycles.